The molecule has 0 bridgehead atoms. The van der Waals surface area contributed by atoms with E-state index in [1.54, 1.807) is 0 Å². The van der Waals surface area contributed by atoms with Crippen LogP contribution in [0.5, 0.6) is 0 Å². The molecule has 12 aromatic carbocycles. The van der Waals surface area contributed by atoms with Crippen LogP contribution >= 0.6 is 0 Å². The van der Waals surface area contributed by atoms with Crippen molar-refractivity contribution in [3.05, 3.63) is 301 Å². The van der Waals surface area contributed by atoms with Gasteiger partial charge in [-0.1, -0.05) is 206 Å². The van der Waals surface area contributed by atoms with E-state index in [1.807, 2.05) is 0 Å². The molecule has 340 valence electrons. The molecule has 1 spiro atoms. The Balaban J connectivity index is 0.823. The average Bonchev–Trinajstić information content (AvgIpc) is 4.08. The molecule has 15 rings (SSSR count). The zero-order chi connectivity index (χ0) is 48.0. The third-order valence-electron chi connectivity index (χ3n) is 15.8. The monoisotopic (exact) mass is 926 g/mol. The summed E-state index contributed by atoms with van der Waals surface area (Å²) in [5, 5.41) is 5.01. The Labute approximate surface area is 425 Å². The summed E-state index contributed by atoms with van der Waals surface area (Å²) in [7, 11) is 0. The summed E-state index contributed by atoms with van der Waals surface area (Å²) in [5.41, 5.74) is 24.2. The quantitative estimate of drug-likeness (QED) is 0.155. The van der Waals surface area contributed by atoms with E-state index in [2.05, 4.69) is 289 Å². The molecule has 0 atom stereocenters. The van der Waals surface area contributed by atoms with Crippen LogP contribution in [-0.4, -0.2) is 4.57 Å². The lowest BCUT2D eigenvalue weighted by Crippen LogP contribution is -2.26. The Morgan fingerprint density at radius 1 is 0.260 bits per heavy atom. The highest BCUT2D eigenvalue weighted by Gasteiger charge is 2.51. The average molecular weight is 927 g/mol. The van der Waals surface area contributed by atoms with Crippen LogP contribution < -0.4 is 4.90 Å². The number of hydrogen-bond donors (Lipinski definition) is 0. The van der Waals surface area contributed by atoms with Crippen molar-refractivity contribution in [2.75, 3.05) is 4.90 Å². The second-order valence-electron chi connectivity index (χ2n) is 19.6. The van der Waals surface area contributed by atoms with Crippen LogP contribution in [0.2, 0.25) is 0 Å². The van der Waals surface area contributed by atoms with Crippen LogP contribution in [0.1, 0.15) is 22.3 Å². The highest BCUT2D eigenvalue weighted by molar-refractivity contribution is 6.10. The van der Waals surface area contributed by atoms with Gasteiger partial charge in [-0.3, -0.25) is 0 Å². The standard InChI is InChI=1S/C71H46N2/c1-2-16-55(17-3-1)73-69-25-13-9-21-63(69)64-45-54(36-43-70(64)73)50-28-26-48(27-29-50)49-32-37-56(38-33-49)72(57-39-34-51(35-40-57)53-31-30-47-14-4-5-15-52(47)44-53)58-41-42-62-61-20-8-12-24-67(61)71(68(62)46-58)65-22-10-6-18-59(65)60-19-7-11-23-66(60)71/h1-46H. The second-order valence-corrected chi connectivity index (χ2v) is 19.6. The van der Waals surface area contributed by atoms with Crippen LogP contribution in [0.15, 0.2) is 279 Å². The summed E-state index contributed by atoms with van der Waals surface area (Å²) >= 11 is 0. The van der Waals surface area contributed by atoms with E-state index in [9.17, 15) is 0 Å². The number of nitrogens with zero attached hydrogens (tertiary/aromatic N) is 2. The molecule has 73 heavy (non-hydrogen) atoms. The Bertz CT molecular complexity index is 4230. The van der Waals surface area contributed by atoms with Gasteiger partial charge in [-0.25, -0.2) is 0 Å². The van der Waals surface area contributed by atoms with Crippen LogP contribution in [0.25, 0.3) is 93.9 Å². The van der Waals surface area contributed by atoms with Crippen LogP contribution in [0.4, 0.5) is 17.1 Å². The van der Waals surface area contributed by atoms with Gasteiger partial charge >= 0.3 is 0 Å². The number of anilines is 3. The molecule has 0 saturated heterocycles. The first-order valence-corrected chi connectivity index (χ1v) is 25.3. The maximum absolute atomic E-state index is 2.48. The second kappa shape index (κ2) is 16.3. The van der Waals surface area contributed by atoms with Gasteiger partial charge < -0.3 is 9.47 Å². The van der Waals surface area contributed by atoms with Gasteiger partial charge in [-0.15, -0.1) is 0 Å². The van der Waals surface area contributed by atoms with Gasteiger partial charge in [0, 0.05) is 33.5 Å². The third kappa shape index (κ3) is 6.30. The first-order valence-electron chi connectivity index (χ1n) is 25.3. The molecule has 2 heteroatoms. The molecule has 0 aliphatic heterocycles. The van der Waals surface area contributed by atoms with Gasteiger partial charge in [0.2, 0.25) is 0 Å². The first kappa shape index (κ1) is 41.3. The van der Waals surface area contributed by atoms with E-state index in [4.69, 9.17) is 0 Å². The fourth-order valence-electron chi connectivity index (χ4n) is 12.5. The lowest BCUT2D eigenvalue weighted by molar-refractivity contribution is 0.793. The van der Waals surface area contributed by atoms with Crippen molar-refractivity contribution in [2.24, 2.45) is 0 Å². The first-order chi connectivity index (χ1) is 36.2. The minimum absolute atomic E-state index is 0.441. The summed E-state index contributed by atoms with van der Waals surface area (Å²) in [6, 6.07) is 103. The molecule has 0 fully saturated rings. The van der Waals surface area contributed by atoms with Gasteiger partial charge in [0.05, 0.1) is 16.4 Å². The number of benzene rings is 12. The van der Waals surface area contributed by atoms with Crippen molar-refractivity contribution in [3.8, 4) is 61.3 Å². The van der Waals surface area contributed by atoms with Gasteiger partial charge in [-0.2, -0.15) is 0 Å². The molecule has 0 radical (unpaired) electrons. The predicted molar refractivity (Wildman–Crippen MR) is 306 cm³/mol. The van der Waals surface area contributed by atoms with Crippen LogP contribution in [0.3, 0.4) is 0 Å². The number of fused-ring (bicyclic) bond motifs is 14. The SMILES string of the molecule is c1ccc(-n2c3ccccc3c3cc(-c4ccc(-c5ccc(N(c6ccc(-c7ccc8ccccc8c7)cc6)c6ccc7c(c6)C6(c8ccccc8-c8ccccc86)c6ccccc6-7)cc5)cc4)ccc32)cc1. The van der Waals surface area contributed by atoms with Crippen molar-refractivity contribution in [1.82, 2.24) is 4.57 Å². The Morgan fingerprint density at radius 3 is 1.33 bits per heavy atom. The maximum Gasteiger partial charge on any atom is 0.0726 e. The van der Waals surface area contributed by atoms with E-state index in [1.165, 1.54) is 116 Å². The molecule has 0 unspecified atom stereocenters. The van der Waals surface area contributed by atoms with E-state index in [0.717, 1.165) is 17.1 Å². The number of para-hydroxylation sites is 2. The molecule has 0 N–H and O–H groups in total. The third-order valence-corrected chi connectivity index (χ3v) is 15.8. The van der Waals surface area contributed by atoms with E-state index >= 15 is 0 Å². The van der Waals surface area contributed by atoms with Crippen LogP contribution in [0, 0.1) is 0 Å². The van der Waals surface area contributed by atoms with Crippen molar-refractivity contribution in [2.45, 2.75) is 5.41 Å². The van der Waals surface area contributed by atoms with Gasteiger partial charge in [-0.05, 0) is 161 Å². The molecule has 0 saturated carbocycles. The zero-order valence-corrected chi connectivity index (χ0v) is 40.0. The van der Waals surface area contributed by atoms with E-state index < -0.39 is 5.41 Å². The highest BCUT2D eigenvalue weighted by atomic mass is 15.1. The fourth-order valence-corrected chi connectivity index (χ4v) is 12.5. The molecule has 2 aliphatic rings. The molecule has 1 heterocycles. The fraction of sp³-hybridized carbons (Fsp3) is 0.0141. The largest absolute Gasteiger partial charge is 0.310 e. The highest BCUT2D eigenvalue weighted by Crippen LogP contribution is 2.63. The van der Waals surface area contributed by atoms with E-state index in [0.29, 0.717) is 0 Å². The van der Waals surface area contributed by atoms with Crippen molar-refractivity contribution in [1.29, 1.82) is 0 Å². The minimum Gasteiger partial charge on any atom is -0.310 e. The molecule has 2 aliphatic carbocycles. The number of aromatic nitrogens is 1. The molecule has 0 amide bonds. The van der Waals surface area contributed by atoms with Crippen molar-refractivity contribution in [3.63, 3.8) is 0 Å². The molecular weight excluding hydrogens is 881 g/mol. The van der Waals surface area contributed by atoms with Crippen molar-refractivity contribution < 1.29 is 0 Å². The Kier molecular flexibility index (Phi) is 9.21. The minimum atomic E-state index is -0.441. The molecule has 2 nitrogen and oxygen atoms in total. The summed E-state index contributed by atoms with van der Waals surface area (Å²) in [6.45, 7) is 0. The zero-order valence-electron chi connectivity index (χ0n) is 40.0. The normalized spacial score (nSPS) is 12.8. The van der Waals surface area contributed by atoms with E-state index in [-0.39, 0.29) is 0 Å². The molecular formula is C71H46N2. The Morgan fingerprint density at radius 2 is 0.699 bits per heavy atom. The topological polar surface area (TPSA) is 8.17 Å². The lowest BCUT2D eigenvalue weighted by Gasteiger charge is -2.32. The lowest BCUT2D eigenvalue weighted by atomic mass is 9.70. The summed E-state index contributed by atoms with van der Waals surface area (Å²) in [4.78, 5) is 2.44. The molecule has 13 aromatic rings. The summed E-state index contributed by atoms with van der Waals surface area (Å²) < 4.78 is 2.37. The molecule has 1 aromatic heterocycles. The summed E-state index contributed by atoms with van der Waals surface area (Å²) in [6.07, 6.45) is 0. The number of hydrogen-bond acceptors (Lipinski definition) is 1. The number of rotatable bonds is 7. The van der Waals surface area contributed by atoms with Gasteiger partial charge in [0.1, 0.15) is 0 Å². The predicted octanol–water partition coefficient (Wildman–Crippen LogP) is 18.8. The maximum atomic E-state index is 2.48. The summed E-state index contributed by atoms with van der Waals surface area (Å²) in [5.74, 6) is 0. The van der Waals surface area contributed by atoms with Gasteiger partial charge in [0.25, 0.3) is 0 Å². The van der Waals surface area contributed by atoms with Crippen molar-refractivity contribution >= 4 is 49.6 Å². The van der Waals surface area contributed by atoms with Crippen LogP contribution in [-0.2, 0) is 5.41 Å². The van der Waals surface area contributed by atoms with Gasteiger partial charge in [0.15, 0.2) is 0 Å². The smallest absolute Gasteiger partial charge is 0.0726 e. The Hall–Kier alpha value is -9.50.